The lowest BCUT2D eigenvalue weighted by Gasteiger charge is -2.20. The van der Waals surface area contributed by atoms with Crippen molar-refractivity contribution in [2.75, 3.05) is 19.7 Å². The molecule has 8 nitrogen and oxygen atoms in total. The third-order valence-corrected chi connectivity index (χ3v) is 5.02. The monoisotopic (exact) mass is 429 g/mol. The number of amides is 1. The van der Waals surface area contributed by atoms with E-state index in [1.165, 1.54) is 4.90 Å². The molecule has 2 aromatic carbocycles. The van der Waals surface area contributed by atoms with Crippen LogP contribution in [0.25, 0.3) is 5.53 Å². The zero-order chi connectivity index (χ0) is 21.8. The van der Waals surface area contributed by atoms with Crippen LogP contribution in [0.2, 0.25) is 0 Å². The Morgan fingerprint density at radius 3 is 2.27 bits per heavy atom. The topological polar surface area (TPSA) is 109 Å². The van der Waals surface area contributed by atoms with E-state index in [1.54, 1.807) is 37.3 Å². The lowest BCUT2D eigenvalue weighted by atomic mass is 10.1. The van der Waals surface area contributed by atoms with Gasteiger partial charge in [-0.15, -0.1) is 4.79 Å². The van der Waals surface area contributed by atoms with Gasteiger partial charge in [-0.05, 0) is 31.0 Å². The fraction of sp³-hybridized carbons (Fsp3) is 0.286. The van der Waals surface area contributed by atoms with E-state index in [0.29, 0.717) is 11.3 Å². The number of rotatable bonds is 9. The van der Waals surface area contributed by atoms with Crippen LogP contribution in [-0.2, 0) is 36.0 Å². The molecule has 0 N–H and O–H groups in total. The molecule has 2 aromatic rings. The van der Waals surface area contributed by atoms with Crippen molar-refractivity contribution in [1.82, 2.24) is 4.90 Å². The van der Waals surface area contributed by atoms with E-state index in [-0.39, 0.29) is 26.1 Å². The highest BCUT2D eigenvalue weighted by atomic mass is 32.2. The molecule has 0 saturated heterocycles. The van der Waals surface area contributed by atoms with Gasteiger partial charge in [0.15, 0.2) is 0 Å². The van der Waals surface area contributed by atoms with Crippen molar-refractivity contribution in [3.05, 3.63) is 71.8 Å². The predicted octanol–water partition coefficient (Wildman–Crippen LogP) is 2.38. The first-order chi connectivity index (χ1) is 14.5. The van der Waals surface area contributed by atoms with Crippen molar-refractivity contribution in [3.63, 3.8) is 0 Å². The first-order valence-electron chi connectivity index (χ1n) is 9.41. The van der Waals surface area contributed by atoms with Gasteiger partial charge in [0.05, 0.1) is 17.9 Å². The molecular weight excluding hydrogens is 406 g/mol. The highest BCUT2D eigenvalue weighted by Gasteiger charge is 2.32. The summed E-state index contributed by atoms with van der Waals surface area (Å²) in [5, 5.41) is 0. The molecule has 0 saturated carbocycles. The van der Waals surface area contributed by atoms with Crippen molar-refractivity contribution in [2.45, 2.75) is 24.7 Å². The van der Waals surface area contributed by atoms with Crippen LogP contribution >= 0.6 is 0 Å². The average molecular weight is 429 g/mol. The second-order valence-electron chi connectivity index (χ2n) is 6.12. The first kappa shape index (κ1) is 23.0. The molecule has 1 amide bonds. The molecule has 30 heavy (non-hydrogen) atoms. The summed E-state index contributed by atoms with van der Waals surface area (Å²) in [6.07, 6.45) is 0.477. The minimum atomic E-state index is -2.04. The van der Waals surface area contributed by atoms with Crippen LogP contribution in [0.15, 0.2) is 65.6 Å². The van der Waals surface area contributed by atoms with E-state index in [2.05, 4.69) is 4.79 Å². The molecule has 0 fully saturated rings. The van der Waals surface area contributed by atoms with E-state index in [4.69, 9.17) is 8.92 Å². The quantitative estimate of drug-likeness (QED) is 0.200. The number of esters is 1. The Hall–Kier alpha value is -3.29. The Morgan fingerprint density at radius 2 is 1.67 bits per heavy atom. The zero-order valence-electron chi connectivity index (χ0n) is 16.6. The van der Waals surface area contributed by atoms with Gasteiger partial charge in [-0.2, -0.15) is 0 Å². The molecule has 0 aromatic heterocycles. The summed E-state index contributed by atoms with van der Waals surface area (Å²) in [7, 11) is 0. The molecule has 0 aliphatic carbocycles. The van der Waals surface area contributed by atoms with Gasteiger partial charge in [-0.3, -0.25) is 9.59 Å². The van der Waals surface area contributed by atoms with Crippen LogP contribution in [-0.4, -0.2) is 51.4 Å². The van der Waals surface area contributed by atoms with Gasteiger partial charge in [0.25, 0.3) is 0 Å². The fourth-order valence-corrected chi connectivity index (χ4v) is 3.29. The molecule has 1 atom stereocenters. The summed E-state index contributed by atoms with van der Waals surface area (Å²) in [4.78, 5) is 29.1. The summed E-state index contributed by atoms with van der Waals surface area (Å²) in [6, 6.07) is 17.7. The number of hydrogen-bond acceptors (Lipinski definition) is 5. The lowest BCUT2D eigenvalue weighted by molar-refractivity contribution is -0.144. The molecule has 0 heterocycles. The molecule has 158 valence electrons. The second-order valence-corrected chi connectivity index (χ2v) is 7.23. The van der Waals surface area contributed by atoms with E-state index in [1.807, 2.05) is 30.3 Å². The van der Waals surface area contributed by atoms with Crippen LogP contribution in [0.1, 0.15) is 18.9 Å². The highest BCUT2D eigenvalue weighted by Crippen LogP contribution is 2.09. The first-order valence-corrected chi connectivity index (χ1v) is 10.5. The average Bonchev–Trinajstić information content (AvgIpc) is 2.78. The number of hydrogen-bond donors (Lipinski definition) is 0. The summed E-state index contributed by atoms with van der Waals surface area (Å²) in [6.45, 7) is 2.20. The summed E-state index contributed by atoms with van der Waals surface area (Å²) >= 11 is -2.04. The number of benzene rings is 2. The van der Waals surface area contributed by atoms with Crippen molar-refractivity contribution in [2.24, 2.45) is 0 Å². The van der Waals surface area contributed by atoms with Gasteiger partial charge in [0.1, 0.15) is 0 Å². The Balaban J connectivity index is 2.10. The minimum Gasteiger partial charge on any atom is -0.466 e. The molecule has 9 heteroatoms. The number of carbonyl (C=O) groups is 2. The SMILES string of the molecule is CCOC(=O)CCN(CCc1ccccc1)C(=O)C(=[N+]=[N-])OS(=O)c1ccccc1. The number of carbonyl (C=O) groups excluding carboxylic acids is 2. The Labute approximate surface area is 177 Å². The van der Waals surface area contributed by atoms with Crippen molar-refractivity contribution in [3.8, 4) is 0 Å². The smallest absolute Gasteiger partial charge is 0.466 e. The molecule has 0 spiro atoms. The second kappa shape index (κ2) is 12.3. The van der Waals surface area contributed by atoms with Crippen LogP contribution < -0.4 is 0 Å². The van der Waals surface area contributed by atoms with Gasteiger partial charge in [0.2, 0.25) is 11.1 Å². The van der Waals surface area contributed by atoms with Gasteiger partial charge < -0.3 is 19.4 Å². The molecular formula is C21H23N3O5S. The highest BCUT2D eigenvalue weighted by molar-refractivity contribution is 7.80. The minimum absolute atomic E-state index is 0.0326. The molecule has 0 radical (unpaired) electrons. The predicted molar refractivity (Wildman–Crippen MR) is 111 cm³/mol. The molecule has 0 aliphatic heterocycles. The maximum absolute atomic E-state index is 12.9. The van der Waals surface area contributed by atoms with E-state index in [9.17, 15) is 19.3 Å². The van der Waals surface area contributed by atoms with Crippen LogP contribution in [0.5, 0.6) is 0 Å². The summed E-state index contributed by atoms with van der Waals surface area (Å²) < 4.78 is 22.3. The number of ether oxygens (including phenoxy) is 1. The summed E-state index contributed by atoms with van der Waals surface area (Å²) in [5.74, 6) is -1.94. The summed E-state index contributed by atoms with van der Waals surface area (Å²) in [5.41, 5.74) is 10.3. The van der Waals surface area contributed by atoms with Gasteiger partial charge in [-0.25, -0.2) is 4.21 Å². The zero-order valence-corrected chi connectivity index (χ0v) is 17.4. The largest absolute Gasteiger partial charge is 0.555 e. The van der Waals surface area contributed by atoms with E-state index < -0.39 is 28.9 Å². The Kier molecular flexibility index (Phi) is 9.44. The maximum Gasteiger partial charge on any atom is 0.555 e. The van der Waals surface area contributed by atoms with Gasteiger partial charge in [0, 0.05) is 13.1 Å². The van der Waals surface area contributed by atoms with Gasteiger partial charge in [-0.1, -0.05) is 48.5 Å². The van der Waals surface area contributed by atoms with Crippen molar-refractivity contribution in [1.29, 1.82) is 0 Å². The fourth-order valence-electron chi connectivity index (χ4n) is 2.56. The third kappa shape index (κ3) is 7.27. The lowest BCUT2D eigenvalue weighted by Crippen LogP contribution is -2.41. The number of nitrogens with zero attached hydrogens (tertiary/aromatic N) is 3. The molecule has 0 aliphatic rings. The molecule has 2 rings (SSSR count). The molecule has 1 unspecified atom stereocenters. The Bertz CT molecular complexity index is 915. The van der Waals surface area contributed by atoms with Crippen LogP contribution in [0.3, 0.4) is 0 Å². The standard InChI is InChI=1S/C21H23N3O5S/c1-2-28-19(25)14-16-24(15-13-17-9-5-3-6-10-17)21(26)20(23-22)29-30(27)18-11-7-4-8-12-18/h3-12H,2,13-16H2,1H3. The Morgan fingerprint density at radius 1 is 1.03 bits per heavy atom. The van der Waals surface area contributed by atoms with Crippen LogP contribution in [0, 0.1) is 0 Å². The van der Waals surface area contributed by atoms with Crippen molar-refractivity contribution >= 4 is 28.9 Å². The van der Waals surface area contributed by atoms with Crippen LogP contribution in [0.4, 0.5) is 0 Å². The van der Waals surface area contributed by atoms with Gasteiger partial charge >= 0.3 is 17.8 Å². The van der Waals surface area contributed by atoms with E-state index >= 15 is 0 Å². The van der Waals surface area contributed by atoms with Crippen molar-refractivity contribution < 1.29 is 27.5 Å². The van der Waals surface area contributed by atoms with E-state index in [0.717, 1.165) is 5.56 Å². The third-order valence-electron chi connectivity index (χ3n) is 4.06. The molecule has 0 bridgehead atoms. The maximum atomic E-state index is 12.9. The normalized spacial score (nSPS) is 11.1.